The molecule has 0 radical (unpaired) electrons. The summed E-state index contributed by atoms with van der Waals surface area (Å²) in [6.45, 7) is 1.93. The average molecular weight is 447 g/mol. The molecule has 11 nitrogen and oxygen atoms in total. The minimum Gasteiger partial charge on any atom is -0.609 e. The maximum atomic E-state index is 11.8. The lowest BCUT2D eigenvalue weighted by molar-refractivity contribution is 0.460. The van der Waals surface area contributed by atoms with Gasteiger partial charge in [0.2, 0.25) is 5.88 Å². The Bertz CT molecular complexity index is 1450. The van der Waals surface area contributed by atoms with Gasteiger partial charge < -0.3 is 14.6 Å². The largest absolute Gasteiger partial charge is 0.609 e. The number of hydrogen-bond acceptors (Lipinski definition) is 10. The van der Waals surface area contributed by atoms with Crippen LogP contribution in [0.1, 0.15) is 5.56 Å². The first-order valence-corrected chi connectivity index (χ1v) is 11.1. The second kappa shape index (κ2) is 7.98. The van der Waals surface area contributed by atoms with Gasteiger partial charge in [0.1, 0.15) is 40.4 Å². The lowest BCUT2D eigenvalue weighted by atomic mass is 10.2. The SMILES string of the molecule is Cc1cc(Nc2ncnc3cnc([S+](C)[O-])nc23)ccc1Oc1cc2nnn(C)c2cn1. The summed E-state index contributed by atoms with van der Waals surface area (Å²) >= 11 is -1.31. The fourth-order valence-corrected chi connectivity index (χ4v) is 3.55. The fraction of sp³-hybridized carbons (Fsp3) is 0.150. The van der Waals surface area contributed by atoms with E-state index in [2.05, 4.69) is 40.5 Å². The van der Waals surface area contributed by atoms with Crippen LogP contribution in [0.4, 0.5) is 11.5 Å². The highest BCUT2D eigenvalue weighted by Gasteiger charge is 2.14. The number of aryl methyl sites for hydroxylation is 2. The van der Waals surface area contributed by atoms with Crippen molar-refractivity contribution >= 4 is 44.7 Å². The summed E-state index contributed by atoms with van der Waals surface area (Å²) in [7, 11) is 1.81. The smallest absolute Gasteiger partial charge is 0.343 e. The second-order valence-electron chi connectivity index (χ2n) is 6.99. The van der Waals surface area contributed by atoms with E-state index in [0.29, 0.717) is 34.0 Å². The Hall–Kier alpha value is -3.90. The molecule has 12 heteroatoms. The molecule has 0 aliphatic heterocycles. The molecule has 0 saturated heterocycles. The number of fused-ring (bicyclic) bond motifs is 2. The summed E-state index contributed by atoms with van der Waals surface area (Å²) in [5, 5.41) is 11.5. The molecule has 0 spiro atoms. The highest BCUT2D eigenvalue weighted by Crippen LogP contribution is 2.29. The van der Waals surface area contributed by atoms with Crippen LogP contribution in [0, 0.1) is 6.92 Å². The lowest BCUT2D eigenvalue weighted by Gasteiger charge is -2.12. The Morgan fingerprint density at radius 1 is 1.06 bits per heavy atom. The molecule has 1 aromatic carbocycles. The van der Waals surface area contributed by atoms with Crippen LogP contribution in [0.3, 0.4) is 0 Å². The summed E-state index contributed by atoms with van der Waals surface area (Å²) in [6.07, 6.45) is 6.16. The molecule has 4 aromatic heterocycles. The van der Waals surface area contributed by atoms with Crippen LogP contribution in [0.15, 0.2) is 48.1 Å². The minimum atomic E-state index is -1.31. The van der Waals surface area contributed by atoms with Crippen LogP contribution in [0.25, 0.3) is 22.1 Å². The third-order valence-electron chi connectivity index (χ3n) is 4.74. The zero-order valence-corrected chi connectivity index (χ0v) is 18.2. The first kappa shape index (κ1) is 20.0. The van der Waals surface area contributed by atoms with Crippen LogP contribution in [-0.4, -0.2) is 50.7 Å². The van der Waals surface area contributed by atoms with E-state index >= 15 is 0 Å². The Kier molecular flexibility index (Phi) is 4.99. The number of benzene rings is 1. The number of hydrogen-bond donors (Lipinski definition) is 1. The molecular formula is C20H17N9O2S. The molecule has 0 saturated carbocycles. The number of rotatable bonds is 5. The molecule has 1 atom stereocenters. The van der Waals surface area contributed by atoms with Gasteiger partial charge in [0, 0.05) is 30.0 Å². The number of pyridine rings is 1. The first-order valence-electron chi connectivity index (χ1n) is 9.50. The van der Waals surface area contributed by atoms with Crippen molar-refractivity contribution in [3.05, 3.63) is 48.5 Å². The molecule has 0 fully saturated rings. The van der Waals surface area contributed by atoms with E-state index in [9.17, 15) is 4.55 Å². The molecule has 0 aliphatic rings. The Labute approximate surface area is 185 Å². The monoisotopic (exact) mass is 447 g/mol. The van der Waals surface area contributed by atoms with E-state index in [4.69, 9.17) is 4.74 Å². The molecular weight excluding hydrogens is 430 g/mol. The van der Waals surface area contributed by atoms with Gasteiger partial charge in [-0.1, -0.05) is 5.21 Å². The van der Waals surface area contributed by atoms with Crippen molar-refractivity contribution in [1.29, 1.82) is 0 Å². The van der Waals surface area contributed by atoms with Crippen molar-refractivity contribution in [2.24, 2.45) is 7.05 Å². The third kappa shape index (κ3) is 3.76. The number of nitrogens with one attached hydrogen (secondary N) is 1. The molecule has 4 heterocycles. The summed E-state index contributed by atoms with van der Waals surface area (Å²) in [6, 6.07) is 7.36. The molecule has 32 heavy (non-hydrogen) atoms. The topological polar surface area (TPSA) is 139 Å². The van der Waals surface area contributed by atoms with Gasteiger partial charge in [0.15, 0.2) is 5.82 Å². The zero-order chi connectivity index (χ0) is 22.2. The Morgan fingerprint density at radius 2 is 1.94 bits per heavy atom. The molecule has 5 aromatic rings. The van der Waals surface area contributed by atoms with Gasteiger partial charge in [-0.05, 0) is 30.7 Å². The number of anilines is 2. The van der Waals surface area contributed by atoms with Crippen molar-refractivity contribution < 1.29 is 9.29 Å². The van der Waals surface area contributed by atoms with E-state index in [0.717, 1.165) is 16.8 Å². The number of nitrogens with zero attached hydrogens (tertiary/aromatic N) is 8. The Balaban J connectivity index is 1.41. The van der Waals surface area contributed by atoms with Crippen LogP contribution < -0.4 is 10.1 Å². The maximum absolute atomic E-state index is 11.8. The molecule has 0 amide bonds. The van der Waals surface area contributed by atoms with Gasteiger partial charge in [-0.2, -0.15) is 9.97 Å². The molecule has 5 rings (SSSR count). The van der Waals surface area contributed by atoms with Crippen LogP contribution >= 0.6 is 0 Å². The standard InChI is InChI=1S/C20H17N9O2S/c1-11-6-12(25-19-18-14(23-10-24-19)8-22-20(26-18)32(3)30)4-5-16(11)31-17-7-13-15(9-21-17)29(2)28-27-13/h4-10H,1-3H3,(H,23,24,25). The van der Waals surface area contributed by atoms with Gasteiger partial charge >= 0.3 is 5.16 Å². The highest BCUT2D eigenvalue weighted by molar-refractivity contribution is 7.90. The van der Waals surface area contributed by atoms with Gasteiger partial charge in [-0.3, -0.25) is 0 Å². The summed E-state index contributed by atoms with van der Waals surface area (Å²) in [5.41, 5.74) is 4.25. The van der Waals surface area contributed by atoms with Gasteiger partial charge in [0.05, 0.1) is 12.4 Å². The van der Waals surface area contributed by atoms with E-state index in [1.54, 1.807) is 16.9 Å². The molecule has 160 valence electrons. The minimum absolute atomic E-state index is 0.225. The lowest BCUT2D eigenvalue weighted by Crippen LogP contribution is -2.06. The van der Waals surface area contributed by atoms with Crippen molar-refractivity contribution in [2.75, 3.05) is 11.6 Å². The predicted octanol–water partition coefficient (Wildman–Crippen LogP) is 2.68. The van der Waals surface area contributed by atoms with E-state index in [-0.39, 0.29) is 5.16 Å². The van der Waals surface area contributed by atoms with Crippen molar-refractivity contribution in [3.63, 3.8) is 0 Å². The Morgan fingerprint density at radius 3 is 2.75 bits per heavy atom. The second-order valence-corrected chi connectivity index (χ2v) is 8.27. The summed E-state index contributed by atoms with van der Waals surface area (Å²) < 4.78 is 19.4. The van der Waals surface area contributed by atoms with Crippen LogP contribution in [0.2, 0.25) is 0 Å². The normalized spacial score (nSPS) is 12.2. The summed E-state index contributed by atoms with van der Waals surface area (Å²) in [5.74, 6) is 1.58. The third-order valence-corrected chi connectivity index (χ3v) is 5.45. The first-order chi connectivity index (χ1) is 15.5. The van der Waals surface area contributed by atoms with Gasteiger partial charge in [-0.15, -0.1) is 5.10 Å². The molecule has 0 bridgehead atoms. The average Bonchev–Trinajstić information content (AvgIpc) is 3.15. The van der Waals surface area contributed by atoms with Crippen molar-refractivity contribution in [3.8, 4) is 11.6 Å². The van der Waals surface area contributed by atoms with Crippen molar-refractivity contribution in [1.82, 2.24) is 39.9 Å². The quantitative estimate of drug-likeness (QED) is 0.316. The van der Waals surface area contributed by atoms with Gasteiger partial charge in [-0.25, -0.2) is 19.6 Å². The molecule has 1 N–H and O–H groups in total. The maximum Gasteiger partial charge on any atom is 0.343 e. The number of aromatic nitrogens is 8. The fourth-order valence-electron chi connectivity index (χ4n) is 3.13. The van der Waals surface area contributed by atoms with Crippen LogP contribution in [-0.2, 0) is 18.2 Å². The predicted molar refractivity (Wildman–Crippen MR) is 118 cm³/mol. The van der Waals surface area contributed by atoms with Crippen LogP contribution in [0.5, 0.6) is 11.6 Å². The number of ether oxygens (including phenoxy) is 1. The highest BCUT2D eigenvalue weighted by atomic mass is 32.2. The molecule has 0 aliphatic carbocycles. The van der Waals surface area contributed by atoms with Gasteiger partial charge in [0.25, 0.3) is 0 Å². The summed E-state index contributed by atoms with van der Waals surface area (Å²) in [4.78, 5) is 21.2. The van der Waals surface area contributed by atoms with E-state index in [1.807, 2.05) is 32.2 Å². The van der Waals surface area contributed by atoms with Crippen molar-refractivity contribution in [2.45, 2.75) is 12.1 Å². The van der Waals surface area contributed by atoms with E-state index in [1.165, 1.54) is 18.8 Å². The zero-order valence-electron chi connectivity index (χ0n) is 17.3. The molecule has 1 unspecified atom stereocenters. The van der Waals surface area contributed by atoms with E-state index < -0.39 is 11.2 Å².